The average Bonchev–Trinajstić information content (AvgIpc) is 3.34. The number of nitrogens with one attached hydrogen (secondary N) is 1. The predicted molar refractivity (Wildman–Crippen MR) is 113 cm³/mol. The first kappa shape index (κ1) is 19.1. The fourth-order valence-electron chi connectivity index (χ4n) is 4.62. The number of nitrogens with zero attached hydrogens (tertiary/aromatic N) is 4. The van der Waals surface area contributed by atoms with E-state index >= 15 is 0 Å². The molecular formula is C22H22ClN5O2. The smallest absolute Gasteiger partial charge is 0.322 e. The minimum Gasteiger partial charge on any atom is -0.339 e. The van der Waals surface area contributed by atoms with Crippen molar-refractivity contribution >= 4 is 23.3 Å². The van der Waals surface area contributed by atoms with Crippen molar-refractivity contribution in [3.8, 4) is 11.4 Å². The first-order chi connectivity index (χ1) is 14.6. The zero-order valence-electron chi connectivity index (χ0n) is 16.6. The number of aromatic nitrogens is 3. The third-order valence-corrected chi connectivity index (χ3v) is 6.36. The Kier molecular flexibility index (Phi) is 4.90. The molecule has 0 radical (unpaired) electrons. The third-order valence-electron chi connectivity index (χ3n) is 6.04. The zero-order chi connectivity index (χ0) is 20.7. The van der Waals surface area contributed by atoms with Gasteiger partial charge in [0, 0.05) is 36.0 Å². The summed E-state index contributed by atoms with van der Waals surface area (Å²) in [5.74, 6) is 1.36. The van der Waals surface area contributed by atoms with Crippen LogP contribution in [0.4, 0.5) is 10.5 Å². The van der Waals surface area contributed by atoms with Gasteiger partial charge in [-0.05, 0) is 62.4 Å². The average molecular weight is 424 g/mol. The number of amides is 2. The molecule has 3 atom stereocenters. The van der Waals surface area contributed by atoms with Gasteiger partial charge in [0.25, 0.3) is 0 Å². The Hall–Kier alpha value is -2.93. The van der Waals surface area contributed by atoms with E-state index in [-0.39, 0.29) is 24.0 Å². The van der Waals surface area contributed by atoms with E-state index in [2.05, 4.69) is 20.4 Å². The van der Waals surface area contributed by atoms with E-state index in [1.165, 1.54) is 0 Å². The van der Waals surface area contributed by atoms with Crippen molar-refractivity contribution in [3.05, 3.63) is 59.2 Å². The SMILES string of the molecule is Cc1ccc(NC(=O)N2[C@@H]3CC[C@H]2CC(c2nc(-c4cccnc4)no2)C3)c(Cl)c1. The number of hydrogen-bond donors (Lipinski definition) is 1. The lowest BCUT2D eigenvalue weighted by Crippen LogP contribution is -2.48. The normalized spacial score (nSPS) is 22.9. The van der Waals surface area contributed by atoms with Gasteiger partial charge >= 0.3 is 6.03 Å². The first-order valence-corrected chi connectivity index (χ1v) is 10.6. The summed E-state index contributed by atoms with van der Waals surface area (Å²) in [6, 6.07) is 9.64. The van der Waals surface area contributed by atoms with Gasteiger partial charge in [0.1, 0.15) is 0 Å². The first-order valence-electron chi connectivity index (χ1n) is 10.2. The maximum atomic E-state index is 13.0. The van der Waals surface area contributed by atoms with Gasteiger partial charge in [-0.15, -0.1) is 0 Å². The van der Waals surface area contributed by atoms with E-state index in [0.29, 0.717) is 22.4 Å². The van der Waals surface area contributed by atoms with E-state index in [0.717, 1.165) is 36.8 Å². The Bertz CT molecular complexity index is 1060. The number of fused-ring (bicyclic) bond motifs is 2. The van der Waals surface area contributed by atoms with Gasteiger partial charge in [0.05, 0.1) is 10.7 Å². The molecule has 0 saturated carbocycles. The number of pyridine rings is 1. The highest BCUT2D eigenvalue weighted by Crippen LogP contribution is 2.43. The lowest BCUT2D eigenvalue weighted by Gasteiger charge is -2.37. The summed E-state index contributed by atoms with van der Waals surface area (Å²) in [6.45, 7) is 1.97. The van der Waals surface area contributed by atoms with Crippen LogP contribution in [0.15, 0.2) is 47.2 Å². The van der Waals surface area contributed by atoms with Crippen LogP contribution in [-0.2, 0) is 0 Å². The van der Waals surface area contributed by atoms with Crippen LogP contribution in [0.2, 0.25) is 5.02 Å². The fraction of sp³-hybridized carbons (Fsp3) is 0.364. The highest BCUT2D eigenvalue weighted by atomic mass is 35.5. The molecule has 0 aliphatic carbocycles. The highest BCUT2D eigenvalue weighted by Gasteiger charge is 2.45. The summed E-state index contributed by atoms with van der Waals surface area (Å²) in [5.41, 5.74) is 2.54. The standard InChI is InChI=1S/C22H22ClN5O2/c1-13-4-7-19(18(23)9-13)25-22(29)28-16-5-6-17(28)11-15(10-16)21-26-20(27-30-21)14-3-2-8-24-12-14/h2-4,7-9,12,15-17H,5-6,10-11H2,1H3,(H,25,29)/t15?,16-,17+. The lowest BCUT2D eigenvalue weighted by molar-refractivity contribution is 0.140. The largest absolute Gasteiger partial charge is 0.339 e. The molecule has 5 rings (SSSR count). The van der Waals surface area contributed by atoms with E-state index in [9.17, 15) is 4.79 Å². The number of rotatable bonds is 3. The topological polar surface area (TPSA) is 84.2 Å². The molecule has 1 N–H and O–H groups in total. The summed E-state index contributed by atoms with van der Waals surface area (Å²) in [5, 5.41) is 7.67. The summed E-state index contributed by atoms with van der Waals surface area (Å²) in [6.07, 6.45) is 7.05. The molecule has 1 unspecified atom stereocenters. The second-order valence-electron chi connectivity index (χ2n) is 8.07. The van der Waals surface area contributed by atoms with Crippen molar-refractivity contribution < 1.29 is 9.32 Å². The molecule has 2 aliphatic rings. The predicted octanol–water partition coefficient (Wildman–Crippen LogP) is 5.04. The van der Waals surface area contributed by atoms with Gasteiger partial charge in [-0.3, -0.25) is 4.98 Å². The second-order valence-corrected chi connectivity index (χ2v) is 8.48. The number of benzene rings is 1. The molecule has 3 aromatic rings. The van der Waals surface area contributed by atoms with Crippen LogP contribution in [-0.4, -0.2) is 38.1 Å². The zero-order valence-corrected chi connectivity index (χ0v) is 17.3. The van der Waals surface area contributed by atoms with Crippen molar-refractivity contribution in [2.24, 2.45) is 0 Å². The summed E-state index contributed by atoms with van der Waals surface area (Å²) >= 11 is 6.29. The van der Waals surface area contributed by atoms with Gasteiger partial charge in [-0.2, -0.15) is 4.98 Å². The fourth-order valence-corrected chi connectivity index (χ4v) is 4.91. The molecule has 8 heteroatoms. The number of hydrogen-bond acceptors (Lipinski definition) is 5. The van der Waals surface area contributed by atoms with Crippen molar-refractivity contribution in [1.82, 2.24) is 20.0 Å². The molecule has 154 valence electrons. The lowest BCUT2D eigenvalue weighted by atomic mass is 9.91. The Balaban J connectivity index is 1.29. The summed E-state index contributed by atoms with van der Waals surface area (Å²) in [7, 11) is 0. The van der Waals surface area contributed by atoms with Crippen LogP contribution >= 0.6 is 11.6 Å². The number of carbonyl (C=O) groups excluding carboxylic acids is 1. The van der Waals surface area contributed by atoms with Crippen LogP contribution < -0.4 is 5.32 Å². The Labute approximate surface area is 179 Å². The van der Waals surface area contributed by atoms with E-state index in [1.54, 1.807) is 12.4 Å². The molecule has 1 aromatic carbocycles. The van der Waals surface area contributed by atoms with Crippen molar-refractivity contribution in [1.29, 1.82) is 0 Å². The molecule has 4 heterocycles. The third kappa shape index (κ3) is 3.54. The quantitative estimate of drug-likeness (QED) is 0.638. The molecule has 2 fully saturated rings. The molecular weight excluding hydrogens is 402 g/mol. The van der Waals surface area contributed by atoms with Crippen LogP contribution in [0.3, 0.4) is 0 Å². The maximum Gasteiger partial charge on any atom is 0.322 e. The number of carbonyl (C=O) groups is 1. The number of piperidine rings is 1. The minimum atomic E-state index is -0.0896. The molecule has 7 nitrogen and oxygen atoms in total. The van der Waals surface area contributed by atoms with Crippen LogP contribution in [0, 0.1) is 6.92 Å². The van der Waals surface area contributed by atoms with Crippen molar-refractivity contribution in [2.75, 3.05) is 5.32 Å². The van der Waals surface area contributed by atoms with Gasteiger partial charge in [0.15, 0.2) is 0 Å². The second kappa shape index (κ2) is 7.72. The summed E-state index contributed by atoms with van der Waals surface area (Å²) in [4.78, 5) is 23.7. The van der Waals surface area contributed by atoms with Crippen molar-refractivity contribution in [3.63, 3.8) is 0 Å². The van der Waals surface area contributed by atoms with Gasteiger partial charge in [-0.25, -0.2) is 4.79 Å². The molecule has 2 aliphatic heterocycles. The Morgan fingerprint density at radius 2 is 2.03 bits per heavy atom. The van der Waals surface area contributed by atoms with Crippen LogP contribution in [0.25, 0.3) is 11.4 Å². The maximum absolute atomic E-state index is 13.0. The van der Waals surface area contributed by atoms with Gasteiger partial charge in [-0.1, -0.05) is 22.8 Å². The minimum absolute atomic E-state index is 0.0896. The monoisotopic (exact) mass is 423 g/mol. The van der Waals surface area contributed by atoms with Crippen LogP contribution in [0.5, 0.6) is 0 Å². The number of aryl methyl sites for hydroxylation is 1. The Morgan fingerprint density at radius 3 is 2.73 bits per heavy atom. The molecule has 2 amide bonds. The van der Waals surface area contributed by atoms with E-state index in [4.69, 9.17) is 16.1 Å². The number of anilines is 1. The summed E-state index contributed by atoms with van der Waals surface area (Å²) < 4.78 is 5.58. The van der Waals surface area contributed by atoms with Crippen molar-refractivity contribution in [2.45, 2.75) is 50.6 Å². The highest BCUT2D eigenvalue weighted by molar-refractivity contribution is 6.33. The number of urea groups is 1. The van der Waals surface area contributed by atoms with E-state index < -0.39 is 0 Å². The van der Waals surface area contributed by atoms with E-state index in [1.807, 2.05) is 42.2 Å². The van der Waals surface area contributed by atoms with Gasteiger partial charge < -0.3 is 14.7 Å². The molecule has 30 heavy (non-hydrogen) atoms. The molecule has 2 bridgehead atoms. The Morgan fingerprint density at radius 1 is 1.23 bits per heavy atom. The van der Waals surface area contributed by atoms with Crippen LogP contribution in [0.1, 0.15) is 43.1 Å². The molecule has 0 spiro atoms. The molecule has 2 aromatic heterocycles. The molecule has 2 saturated heterocycles. The van der Waals surface area contributed by atoms with Gasteiger partial charge in [0.2, 0.25) is 11.7 Å². The number of halogens is 1.